The Morgan fingerprint density at radius 3 is 2.44 bits per heavy atom. The summed E-state index contributed by atoms with van der Waals surface area (Å²) in [5, 5.41) is 4.16. The summed E-state index contributed by atoms with van der Waals surface area (Å²) >= 11 is 0. The van der Waals surface area contributed by atoms with Crippen LogP contribution in [0.5, 0.6) is 5.75 Å². The maximum Gasteiger partial charge on any atom is 0.435 e. The number of nitrogens with zero attached hydrogens (tertiary/aromatic N) is 5. The highest BCUT2D eigenvalue weighted by molar-refractivity contribution is 5.81. The van der Waals surface area contributed by atoms with Crippen LogP contribution in [0.15, 0.2) is 54.9 Å². The molecule has 0 saturated heterocycles. The van der Waals surface area contributed by atoms with Gasteiger partial charge in [0.15, 0.2) is 11.3 Å². The Kier molecular flexibility index (Phi) is 6.95. The predicted molar refractivity (Wildman–Crippen MR) is 126 cm³/mol. The van der Waals surface area contributed by atoms with Crippen LogP contribution in [0, 0.1) is 0 Å². The average Bonchev–Trinajstić information content (AvgIpc) is 3.29. The number of anilines is 2. The first-order valence-corrected chi connectivity index (χ1v) is 10.9. The van der Waals surface area contributed by atoms with Crippen molar-refractivity contribution in [3.8, 4) is 17.1 Å². The standard InChI is InChI=1S/C24H23F3N6O3/c1-3-36-22(34)14-32(13-15-4-7-17(35-2)8-5-15)20-10-19(18-9-6-16(28)11-29-18)31-33-21(24(25,26)27)12-30-23(20)33/h4-12H,3,13-14,28H2,1-2H3. The van der Waals surface area contributed by atoms with Crippen LogP contribution in [-0.2, 0) is 22.3 Å². The minimum absolute atomic E-state index is 0.0701. The van der Waals surface area contributed by atoms with E-state index in [9.17, 15) is 18.0 Å². The SMILES string of the molecule is CCOC(=O)CN(Cc1ccc(OC)cc1)c1cc(-c2ccc(N)cn2)nn2c(C(F)(F)F)cnc12. The summed E-state index contributed by atoms with van der Waals surface area (Å²) in [6.45, 7) is 1.77. The molecule has 0 aliphatic carbocycles. The van der Waals surface area contributed by atoms with E-state index in [4.69, 9.17) is 15.2 Å². The number of nitrogen functional groups attached to an aromatic ring is 1. The molecule has 0 aliphatic rings. The van der Waals surface area contributed by atoms with Gasteiger partial charge in [0.2, 0.25) is 0 Å². The number of halogens is 3. The molecular weight excluding hydrogens is 477 g/mol. The molecule has 0 unspecified atom stereocenters. The number of carbonyl (C=O) groups is 1. The van der Waals surface area contributed by atoms with Gasteiger partial charge in [-0.15, -0.1) is 0 Å². The summed E-state index contributed by atoms with van der Waals surface area (Å²) in [4.78, 5) is 22.3. The second kappa shape index (κ2) is 10.1. The third-order valence-corrected chi connectivity index (χ3v) is 5.29. The largest absolute Gasteiger partial charge is 0.497 e. The van der Waals surface area contributed by atoms with Crippen LogP contribution in [0.25, 0.3) is 17.0 Å². The number of aromatic nitrogens is 4. The van der Waals surface area contributed by atoms with Gasteiger partial charge in [0.25, 0.3) is 0 Å². The lowest BCUT2D eigenvalue weighted by Crippen LogP contribution is -2.31. The van der Waals surface area contributed by atoms with Crippen molar-refractivity contribution in [3.05, 3.63) is 66.1 Å². The number of methoxy groups -OCH3 is 1. The van der Waals surface area contributed by atoms with Crippen LogP contribution in [0.1, 0.15) is 18.2 Å². The minimum atomic E-state index is -4.71. The van der Waals surface area contributed by atoms with Crippen molar-refractivity contribution < 1.29 is 27.4 Å². The molecule has 12 heteroatoms. The van der Waals surface area contributed by atoms with Gasteiger partial charge in [-0.25, -0.2) is 9.50 Å². The Labute approximate surface area is 204 Å². The van der Waals surface area contributed by atoms with E-state index in [0.29, 0.717) is 23.3 Å². The maximum absolute atomic E-state index is 13.8. The van der Waals surface area contributed by atoms with Crippen LogP contribution in [-0.4, -0.2) is 45.8 Å². The molecule has 2 N–H and O–H groups in total. The highest BCUT2D eigenvalue weighted by Crippen LogP contribution is 2.34. The Bertz CT molecular complexity index is 1350. The van der Waals surface area contributed by atoms with Crippen LogP contribution < -0.4 is 15.4 Å². The average molecular weight is 500 g/mol. The summed E-state index contributed by atoms with van der Waals surface area (Å²) in [6, 6.07) is 11.8. The number of ether oxygens (including phenoxy) is 2. The molecule has 0 aliphatic heterocycles. The van der Waals surface area contributed by atoms with Crippen LogP contribution in [0.3, 0.4) is 0 Å². The van der Waals surface area contributed by atoms with E-state index in [1.54, 1.807) is 61.4 Å². The topological polar surface area (TPSA) is 108 Å². The molecule has 3 heterocycles. The Morgan fingerprint density at radius 2 is 1.83 bits per heavy atom. The van der Waals surface area contributed by atoms with Crippen molar-refractivity contribution in [1.82, 2.24) is 19.6 Å². The Morgan fingerprint density at radius 1 is 1.08 bits per heavy atom. The molecule has 36 heavy (non-hydrogen) atoms. The van der Waals surface area contributed by atoms with E-state index in [2.05, 4.69) is 15.1 Å². The third-order valence-electron chi connectivity index (χ3n) is 5.29. The number of esters is 1. The minimum Gasteiger partial charge on any atom is -0.497 e. The maximum atomic E-state index is 13.8. The van der Waals surface area contributed by atoms with Crippen molar-refractivity contribution in [3.63, 3.8) is 0 Å². The van der Waals surface area contributed by atoms with E-state index >= 15 is 0 Å². The van der Waals surface area contributed by atoms with Gasteiger partial charge < -0.3 is 20.1 Å². The first-order valence-electron chi connectivity index (χ1n) is 10.9. The number of benzene rings is 1. The van der Waals surface area contributed by atoms with Gasteiger partial charge in [-0.2, -0.15) is 18.3 Å². The van der Waals surface area contributed by atoms with Gasteiger partial charge in [0.05, 0.1) is 43.2 Å². The Hall–Kier alpha value is -4.35. The lowest BCUT2D eigenvalue weighted by atomic mass is 10.1. The van der Waals surface area contributed by atoms with Gasteiger partial charge in [0, 0.05) is 6.54 Å². The zero-order valence-electron chi connectivity index (χ0n) is 19.5. The molecule has 0 spiro atoms. The molecular formula is C24H23F3N6O3. The lowest BCUT2D eigenvalue weighted by Gasteiger charge is -2.25. The number of pyridine rings is 1. The fraction of sp³-hybridized carbons (Fsp3) is 0.250. The van der Waals surface area contributed by atoms with E-state index in [0.717, 1.165) is 10.1 Å². The molecule has 0 fully saturated rings. The van der Waals surface area contributed by atoms with Crippen molar-refractivity contribution >= 4 is 23.0 Å². The van der Waals surface area contributed by atoms with Crippen molar-refractivity contribution in [2.75, 3.05) is 30.9 Å². The summed E-state index contributed by atoms with van der Waals surface area (Å²) < 4.78 is 52.3. The molecule has 0 amide bonds. The smallest absolute Gasteiger partial charge is 0.435 e. The number of nitrogens with two attached hydrogens (primary N) is 1. The fourth-order valence-corrected chi connectivity index (χ4v) is 3.60. The van der Waals surface area contributed by atoms with Gasteiger partial charge >= 0.3 is 12.1 Å². The number of carbonyl (C=O) groups excluding carboxylic acids is 1. The zero-order chi connectivity index (χ0) is 25.9. The number of hydrogen-bond acceptors (Lipinski definition) is 8. The molecule has 3 aromatic heterocycles. The summed E-state index contributed by atoms with van der Waals surface area (Å²) in [5.74, 6) is 0.0949. The van der Waals surface area contributed by atoms with Gasteiger partial charge in [-0.3, -0.25) is 9.78 Å². The normalized spacial score (nSPS) is 11.5. The van der Waals surface area contributed by atoms with Gasteiger partial charge in [-0.1, -0.05) is 12.1 Å². The number of hydrogen-bond donors (Lipinski definition) is 1. The number of rotatable bonds is 8. The first-order chi connectivity index (χ1) is 17.2. The molecule has 0 bridgehead atoms. The zero-order valence-corrected chi connectivity index (χ0v) is 19.5. The fourth-order valence-electron chi connectivity index (χ4n) is 3.60. The van der Waals surface area contributed by atoms with Crippen LogP contribution >= 0.6 is 0 Å². The van der Waals surface area contributed by atoms with E-state index in [1.807, 2.05) is 0 Å². The highest BCUT2D eigenvalue weighted by Gasteiger charge is 2.36. The number of alkyl halides is 3. The highest BCUT2D eigenvalue weighted by atomic mass is 19.4. The lowest BCUT2D eigenvalue weighted by molar-refractivity contribution is -0.143. The molecule has 188 valence electrons. The molecule has 4 rings (SSSR count). The van der Waals surface area contributed by atoms with Crippen molar-refractivity contribution in [2.24, 2.45) is 0 Å². The second-order valence-corrected chi connectivity index (χ2v) is 7.78. The first kappa shape index (κ1) is 24.8. The molecule has 9 nitrogen and oxygen atoms in total. The number of imidazole rings is 1. The molecule has 0 atom stereocenters. The summed E-state index contributed by atoms with van der Waals surface area (Å²) in [7, 11) is 1.54. The van der Waals surface area contributed by atoms with E-state index in [1.165, 1.54) is 6.20 Å². The van der Waals surface area contributed by atoms with E-state index in [-0.39, 0.29) is 36.7 Å². The van der Waals surface area contributed by atoms with Gasteiger partial charge in [0.1, 0.15) is 18.0 Å². The van der Waals surface area contributed by atoms with Crippen molar-refractivity contribution in [2.45, 2.75) is 19.6 Å². The van der Waals surface area contributed by atoms with Gasteiger partial charge in [-0.05, 0) is 42.8 Å². The quantitative estimate of drug-likeness (QED) is 0.362. The van der Waals surface area contributed by atoms with Crippen LogP contribution in [0.2, 0.25) is 0 Å². The monoisotopic (exact) mass is 500 g/mol. The number of fused-ring (bicyclic) bond motifs is 1. The van der Waals surface area contributed by atoms with Crippen LogP contribution in [0.4, 0.5) is 24.5 Å². The van der Waals surface area contributed by atoms with Crippen molar-refractivity contribution in [1.29, 1.82) is 0 Å². The molecule has 4 aromatic rings. The summed E-state index contributed by atoms with van der Waals surface area (Å²) in [6.07, 6.45) is -2.62. The second-order valence-electron chi connectivity index (χ2n) is 7.78. The predicted octanol–water partition coefficient (Wildman–Crippen LogP) is 3.97. The Balaban J connectivity index is 1.88. The molecule has 1 aromatic carbocycles. The summed E-state index contributed by atoms with van der Waals surface area (Å²) in [5.41, 5.74) is 6.45. The molecule has 0 saturated carbocycles. The molecule has 0 radical (unpaired) electrons. The van der Waals surface area contributed by atoms with E-state index < -0.39 is 17.8 Å². The third kappa shape index (κ3) is 5.32.